The maximum absolute atomic E-state index is 9.04. The maximum Gasteiger partial charge on any atom is 0.182 e. The minimum atomic E-state index is -0.563. The number of nitrogens with zero attached hydrogens (tertiary/aromatic N) is 3. The van der Waals surface area contributed by atoms with Gasteiger partial charge in [0.2, 0.25) is 0 Å². The van der Waals surface area contributed by atoms with Crippen molar-refractivity contribution < 1.29 is 5.11 Å². The predicted molar refractivity (Wildman–Crippen MR) is 91.5 cm³/mol. The van der Waals surface area contributed by atoms with Gasteiger partial charge in [-0.15, -0.1) is 0 Å². The first-order chi connectivity index (χ1) is 10.3. The van der Waals surface area contributed by atoms with Crippen molar-refractivity contribution in [2.24, 2.45) is 0 Å². The van der Waals surface area contributed by atoms with E-state index in [0.717, 1.165) is 0 Å². The molecule has 0 aliphatic carbocycles. The number of rotatable bonds is 4. The number of aliphatic hydroxyl groups excluding tert-OH is 1. The normalized spacial score (nSPS) is 17.0. The van der Waals surface area contributed by atoms with Crippen LogP contribution in [0, 0.1) is 16.7 Å². The number of aliphatic hydroxyl groups is 1. The van der Waals surface area contributed by atoms with Crippen LogP contribution in [0.1, 0.15) is 25.8 Å². The van der Waals surface area contributed by atoms with Gasteiger partial charge in [-0.1, -0.05) is 11.6 Å². The molecule has 0 bridgehead atoms. The van der Waals surface area contributed by atoms with Gasteiger partial charge < -0.3 is 10.0 Å². The fourth-order valence-electron chi connectivity index (χ4n) is 2.43. The summed E-state index contributed by atoms with van der Waals surface area (Å²) in [5.41, 5.74) is 0.490. The van der Waals surface area contributed by atoms with Crippen LogP contribution in [0.2, 0.25) is 5.02 Å². The molecule has 0 unspecified atom stereocenters. The highest BCUT2D eigenvalue weighted by Gasteiger charge is 2.46. The maximum atomic E-state index is 9.04. The van der Waals surface area contributed by atoms with Crippen LogP contribution in [0.3, 0.4) is 0 Å². The summed E-state index contributed by atoms with van der Waals surface area (Å²) in [5, 5.41) is 27.3. The zero-order chi connectivity index (χ0) is 16.5. The van der Waals surface area contributed by atoms with Gasteiger partial charge in [0.25, 0.3) is 0 Å². The molecule has 1 heterocycles. The fourth-order valence-corrected chi connectivity index (χ4v) is 3.17. The molecular weight excluding hydrogens is 320 g/mol. The molecule has 0 radical (unpaired) electrons. The molecule has 1 fully saturated rings. The third kappa shape index (κ3) is 2.68. The molecule has 22 heavy (non-hydrogen) atoms. The Balaban J connectivity index is 2.40. The van der Waals surface area contributed by atoms with Gasteiger partial charge in [-0.3, -0.25) is 10.3 Å². The molecule has 5 nitrogen and oxygen atoms in total. The molecule has 1 aliphatic heterocycles. The molecule has 0 atom stereocenters. The van der Waals surface area contributed by atoms with Crippen molar-refractivity contribution in [3.05, 3.63) is 28.8 Å². The molecule has 1 aromatic rings. The van der Waals surface area contributed by atoms with Gasteiger partial charge >= 0.3 is 0 Å². The first-order valence-electron chi connectivity index (χ1n) is 6.86. The Morgan fingerprint density at radius 2 is 2.14 bits per heavy atom. The van der Waals surface area contributed by atoms with Gasteiger partial charge in [0.15, 0.2) is 5.11 Å². The van der Waals surface area contributed by atoms with Crippen LogP contribution < -0.4 is 4.90 Å². The minimum absolute atomic E-state index is 0.0746. The Kier molecular flexibility index (Phi) is 4.71. The quantitative estimate of drug-likeness (QED) is 0.827. The predicted octanol–water partition coefficient (Wildman–Crippen LogP) is 2.76. The van der Waals surface area contributed by atoms with Crippen molar-refractivity contribution in [3.8, 4) is 6.07 Å². The second-order valence-corrected chi connectivity index (χ2v) is 6.30. The van der Waals surface area contributed by atoms with Gasteiger partial charge in [0, 0.05) is 13.2 Å². The van der Waals surface area contributed by atoms with Gasteiger partial charge in [0.05, 0.1) is 21.8 Å². The van der Waals surface area contributed by atoms with E-state index in [1.807, 2.05) is 24.8 Å². The lowest BCUT2D eigenvalue weighted by atomic mass is 10.0. The Hall–Kier alpha value is -1.68. The molecule has 1 aliphatic rings. The number of anilines is 1. The monoisotopic (exact) mass is 336 g/mol. The van der Waals surface area contributed by atoms with Crippen molar-refractivity contribution in [2.45, 2.75) is 25.8 Å². The summed E-state index contributed by atoms with van der Waals surface area (Å²) in [6.07, 6.45) is 0.582. The number of nitrogens with one attached hydrogen (secondary N) is 1. The highest BCUT2D eigenvalue weighted by molar-refractivity contribution is 7.80. The number of thiocarbonyl (C=S) groups is 1. The Morgan fingerprint density at radius 3 is 2.68 bits per heavy atom. The molecule has 0 saturated carbocycles. The topological polar surface area (TPSA) is 74.4 Å². The van der Waals surface area contributed by atoms with E-state index >= 15 is 0 Å². The molecule has 2 N–H and O–H groups in total. The first-order valence-corrected chi connectivity index (χ1v) is 7.64. The van der Waals surface area contributed by atoms with Crippen molar-refractivity contribution in [1.82, 2.24) is 4.90 Å². The smallest absolute Gasteiger partial charge is 0.182 e. The van der Waals surface area contributed by atoms with Gasteiger partial charge in [-0.05, 0) is 50.7 Å². The number of hydrogen-bond donors (Lipinski definition) is 2. The molecule has 1 aromatic carbocycles. The third-order valence-electron chi connectivity index (χ3n) is 3.77. The largest absolute Gasteiger partial charge is 0.396 e. The highest BCUT2D eigenvalue weighted by Crippen LogP contribution is 2.34. The molecule has 0 aromatic heterocycles. The van der Waals surface area contributed by atoms with Crippen molar-refractivity contribution >= 4 is 40.5 Å². The number of benzene rings is 1. The van der Waals surface area contributed by atoms with E-state index in [9.17, 15) is 0 Å². The lowest BCUT2D eigenvalue weighted by Gasteiger charge is -2.30. The van der Waals surface area contributed by atoms with Gasteiger partial charge in [0.1, 0.15) is 11.9 Å². The van der Waals surface area contributed by atoms with Crippen molar-refractivity contribution in [2.75, 3.05) is 18.1 Å². The third-order valence-corrected chi connectivity index (χ3v) is 4.49. The SMILES string of the molecule is CC1(C)C(=N)N(c2ccc(C#N)c(Cl)c2)C(=S)N1CCCO. The van der Waals surface area contributed by atoms with E-state index in [-0.39, 0.29) is 6.61 Å². The van der Waals surface area contributed by atoms with Crippen molar-refractivity contribution in [1.29, 1.82) is 10.7 Å². The second kappa shape index (κ2) is 6.21. The number of hydrogen-bond acceptors (Lipinski definition) is 4. The highest BCUT2D eigenvalue weighted by atomic mass is 35.5. The Bertz CT molecular complexity index is 668. The van der Waals surface area contributed by atoms with E-state index in [0.29, 0.717) is 40.2 Å². The summed E-state index contributed by atoms with van der Waals surface area (Å²) in [5.74, 6) is 0.344. The van der Waals surface area contributed by atoms with Crippen molar-refractivity contribution in [3.63, 3.8) is 0 Å². The molecule has 0 spiro atoms. The van der Waals surface area contributed by atoms with Crippen LogP contribution in [0.15, 0.2) is 18.2 Å². The summed E-state index contributed by atoms with van der Waals surface area (Å²) in [4.78, 5) is 3.58. The number of halogens is 1. The van der Waals surface area contributed by atoms with Gasteiger partial charge in [-0.2, -0.15) is 5.26 Å². The van der Waals surface area contributed by atoms with Crippen LogP contribution in [-0.2, 0) is 0 Å². The zero-order valence-corrected chi connectivity index (χ0v) is 14.0. The average molecular weight is 337 g/mol. The summed E-state index contributed by atoms with van der Waals surface area (Å²) in [7, 11) is 0. The summed E-state index contributed by atoms with van der Waals surface area (Å²) in [6, 6.07) is 7.01. The van der Waals surface area contributed by atoms with E-state index < -0.39 is 5.54 Å². The lowest BCUT2D eigenvalue weighted by Crippen LogP contribution is -2.44. The second-order valence-electron chi connectivity index (χ2n) is 5.53. The van der Waals surface area contributed by atoms with E-state index in [1.54, 1.807) is 23.1 Å². The fraction of sp³-hybridized carbons (Fsp3) is 0.400. The van der Waals surface area contributed by atoms with Gasteiger partial charge in [-0.25, -0.2) is 0 Å². The Labute approximate surface area is 140 Å². The average Bonchev–Trinajstić information content (AvgIpc) is 2.63. The summed E-state index contributed by atoms with van der Waals surface area (Å²) in [6.45, 7) is 4.49. The van der Waals surface area contributed by atoms with Crippen LogP contribution in [0.5, 0.6) is 0 Å². The zero-order valence-electron chi connectivity index (χ0n) is 12.4. The molecular formula is C15H17ClN4OS. The van der Waals surface area contributed by atoms with E-state index in [2.05, 4.69) is 0 Å². The minimum Gasteiger partial charge on any atom is -0.396 e. The number of amidine groups is 1. The summed E-state index contributed by atoms with van der Waals surface area (Å²) < 4.78 is 0. The molecule has 7 heteroatoms. The molecule has 0 amide bonds. The van der Waals surface area contributed by atoms with E-state index in [1.165, 1.54) is 0 Å². The van der Waals surface area contributed by atoms with Crippen LogP contribution in [0.25, 0.3) is 0 Å². The Morgan fingerprint density at radius 1 is 1.45 bits per heavy atom. The molecule has 116 valence electrons. The lowest BCUT2D eigenvalue weighted by molar-refractivity contribution is 0.242. The first kappa shape index (κ1) is 16.7. The van der Waals surface area contributed by atoms with Crippen LogP contribution >= 0.6 is 23.8 Å². The van der Waals surface area contributed by atoms with E-state index in [4.69, 9.17) is 39.6 Å². The molecule has 1 saturated heterocycles. The molecule has 2 rings (SSSR count). The standard InChI is InChI=1S/C15H17ClN4OS/c1-15(2)13(18)20(14(22)19(15)6-3-7-21)11-5-4-10(9-17)12(16)8-11/h4-5,8,18,21H,3,6-7H2,1-2H3. The van der Waals surface area contributed by atoms with Crippen LogP contribution in [-0.4, -0.2) is 39.6 Å². The number of nitriles is 1. The summed E-state index contributed by atoms with van der Waals surface area (Å²) >= 11 is 11.6. The van der Waals surface area contributed by atoms with Crippen LogP contribution in [0.4, 0.5) is 5.69 Å².